The molecule has 20 heavy (non-hydrogen) atoms. The maximum Gasteiger partial charge on any atom is 0.139 e. The summed E-state index contributed by atoms with van der Waals surface area (Å²) in [6.07, 6.45) is 0.769. The fraction of sp³-hybridized carbons (Fsp3) is 0.375. The number of hydrogen-bond acceptors (Lipinski definition) is 4. The van der Waals surface area contributed by atoms with Crippen LogP contribution in [0.3, 0.4) is 0 Å². The zero-order valence-electron chi connectivity index (χ0n) is 12.6. The van der Waals surface area contributed by atoms with Crippen molar-refractivity contribution in [1.82, 2.24) is 9.97 Å². The number of benzene rings is 1. The molecule has 4 nitrogen and oxygen atoms in total. The molecule has 1 heterocycles. The number of nitrogens with one attached hydrogen (secondary N) is 1. The number of hydrogen-bond donors (Lipinski definition) is 2. The smallest absolute Gasteiger partial charge is 0.139 e. The lowest BCUT2D eigenvalue weighted by molar-refractivity contribution is 0.867. The topological polar surface area (TPSA) is 63.8 Å². The van der Waals surface area contributed by atoms with Crippen LogP contribution in [0.1, 0.15) is 43.6 Å². The molecule has 2 aromatic rings. The Kier molecular flexibility index (Phi) is 4.23. The zero-order valence-corrected chi connectivity index (χ0v) is 12.6. The molecule has 0 saturated heterocycles. The Morgan fingerprint density at radius 3 is 2.35 bits per heavy atom. The Labute approximate surface area is 120 Å². The third kappa shape index (κ3) is 3.07. The molecule has 0 fully saturated rings. The molecule has 3 N–H and O–H groups in total. The SMILES string of the molecule is CCc1nc(N)c(C)c(Nc2ccc(C(C)C)cc2)n1. The molecule has 106 valence electrons. The first-order valence-corrected chi connectivity index (χ1v) is 7.01. The average molecular weight is 270 g/mol. The predicted molar refractivity (Wildman–Crippen MR) is 84.4 cm³/mol. The molecule has 1 aromatic heterocycles. The molecular formula is C16H22N4. The number of rotatable bonds is 4. The first kappa shape index (κ1) is 14.3. The lowest BCUT2D eigenvalue weighted by atomic mass is 10.0. The van der Waals surface area contributed by atoms with Crippen LogP contribution in [0.2, 0.25) is 0 Å². The molecule has 0 aliphatic carbocycles. The molecule has 0 atom stereocenters. The van der Waals surface area contributed by atoms with E-state index in [1.54, 1.807) is 0 Å². The fourth-order valence-corrected chi connectivity index (χ4v) is 1.95. The van der Waals surface area contributed by atoms with E-state index in [4.69, 9.17) is 5.73 Å². The normalized spacial score (nSPS) is 10.8. The van der Waals surface area contributed by atoms with Gasteiger partial charge in [-0.05, 0) is 30.5 Å². The number of nitrogens with zero attached hydrogens (tertiary/aromatic N) is 2. The second kappa shape index (κ2) is 5.90. The van der Waals surface area contributed by atoms with Gasteiger partial charge in [0.1, 0.15) is 17.5 Å². The summed E-state index contributed by atoms with van der Waals surface area (Å²) in [5.41, 5.74) is 9.14. The number of nitrogen functional groups attached to an aromatic ring is 1. The fourth-order valence-electron chi connectivity index (χ4n) is 1.95. The first-order valence-electron chi connectivity index (χ1n) is 7.01. The van der Waals surface area contributed by atoms with Crippen LogP contribution in [0.4, 0.5) is 17.3 Å². The van der Waals surface area contributed by atoms with E-state index < -0.39 is 0 Å². The van der Waals surface area contributed by atoms with E-state index in [1.807, 2.05) is 13.8 Å². The maximum atomic E-state index is 5.92. The van der Waals surface area contributed by atoms with E-state index in [1.165, 1.54) is 5.56 Å². The molecule has 0 unspecified atom stereocenters. The van der Waals surface area contributed by atoms with Crippen LogP contribution in [-0.2, 0) is 6.42 Å². The summed E-state index contributed by atoms with van der Waals surface area (Å²) >= 11 is 0. The molecule has 0 aliphatic heterocycles. The van der Waals surface area contributed by atoms with Gasteiger partial charge in [0.05, 0.1) is 0 Å². The van der Waals surface area contributed by atoms with Crippen LogP contribution in [0.5, 0.6) is 0 Å². The predicted octanol–water partition coefficient (Wildman–Crippen LogP) is 3.80. The van der Waals surface area contributed by atoms with Gasteiger partial charge in [-0.25, -0.2) is 9.97 Å². The summed E-state index contributed by atoms with van der Waals surface area (Å²) in [7, 11) is 0. The molecule has 0 amide bonds. The minimum Gasteiger partial charge on any atom is -0.383 e. The Morgan fingerprint density at radius 2 is 1.80 bits per heavy atom. The molecule has 4 heteroatoms. The third-order valence-corrected chi connectivity index (χ3v) is 3.39. The van der Waals surface area contributed by atoms with Gasteiger partial charge in [-0.2, -0.15) is 0 Å². The Hall–Kier alpha value is -2.10. The summed E-state index contributed by atoms with van der Waals surface area (Å²) in [5, 5.41) is 3.32. The highest BCUT2D eigenvalue weighted by Crippen LogP contribution is 2.23. The van der Waals surface area contributed by atoms with Crippen LogP contribution in [0.25, 0.3) is 0 Å². The van der Waals surface area contributed by atoms with E-state index in [0.29, 0.717) is 11.7 Å². The van der Waals surface area contributed by atoms with Gasteiger partial charge in [0.15, 0.2) is 0 Å². The summed E-state index contributed by atoms with van der Waals surface area (Å²) < 4.78 is 0. The Morgan fingerprint density at radius 1 is 1.15 bits per heavy atom. The molecule has 0 spiro atoms. The molecule has 2 rings (SSSR count). The highest BCUT2D eigenvalue weighted by atomic mass is 15.1. The molecule has 0 saturated carbocycles. The second-order valence-electron chi connectivity index (χ2n) is 5.25. The Bertz CT molecular complexity index is 588. The summed E-state index contributed by atoms with van der Waals surface area (Å²) in [4.78, 5) is 8.76. The van der Waals surface area contributed by atoms with E-state index in [-0.39, 0.29) is 0 Å². The van der Waals surface area contributed by atoms with Gasteiger partial charge in [0, 0.05) is 17.7 Å². The van der Waals surface area contributed by atoms with Crippen molar-refractivity contribution < 1.29 is 0 Å². The van der Waals surface area contributed by atoms with Crippen molar-refractivity contribution >= 4 is 17.3 Å². The largest absolute Gasteiger partial charge is 0.383 e. The Balaban J connectivity index is 2.27. The summed E-state index contributed by atoms with van der Waals surface area (Å²) in [5.74, 6) is 2.62. The summed E-state index contributed by atoms with van der Waals surface area (Å²) in [6, 6.07) is 8.40. The minimum absolute atomic E-state index is 0.534. The van der Waals surface area contributed by atoms with Gasteiger partial charge in [0.25, 0.3) is 0 Å². The van der Waals surface area contributed by atoms with E-state index in [0.717, 1.165) is 29.3 Å². The van der Waals surface area contributed by atoms with Crippen LogP contribution in [-0.4, -0.2) is 9.97 Å². The third-order valence-electron chi connectivity index (χ3n) is 3.39. The second-order valence-corrected chi connectivity index (χ2v) is 5.25. The molecule has 0 bridgehead atoms. The van der Waals surface area contributed by atoms with Gasteiger partial charge < -0.3 is 11.1 Å². The van der Waals surface area contributed by atoms with Crippen molar-refractivity contribution in [1.29, 1.82) is 0 Å². The van der Waals surface area contributed by atoms with Crippen molar-refractivity contribution in [2.75, 3.05) is 11.1 Å². The van der Waals surface area contributed by atoms with Crippen LogP contribution >= 0.6 is 0 Å². The van der Waals surface area contributed by atoms with Gasteiger partial charge in [0.2, 0.25) is 0 Å². The molecule has 0 aliphatic rings. The van der Waals surface area contributed by atoms with E-state index in [9.17, 15) is 0 Å². The van der Waals surface area contributed by atoms with Gasteiger partial charge in [-0.1, -0.05) is 32.9 Å². The monoisotopic (exact) mass is 270 g/mol. The number of anilines is 3. The highest BCUT2D eigenvalue weighted by Gasteiger charge is 2.08. The van der Waals surface area contributed by atoms with E-state index in [2.05, 4.69) is 53.4 Å². The number of aromatic nitrogens is 2. The zero-order chi connectivity index (χ0) is 14.7. The lowest BCUT2D eigenvalue weighted by Gasteiger charge is -2.12. The standard InChI is InChI=1S/C16H22N4/c1-5-14-19-15(17)11(4)16(20-14)18-13-8-6-12(7-9-13)10(2)3/h6-10H,5H2,1-4H3,(H3,17,18,19,20). The van der Waals surface area contributed by atoms with Gasteiger partial charge in [-0.15, -0.1) is 0 Å². The van der Waals surface area contributed by atoms with Crippen molar-refractivity contribution in [2.45, 2.75) is 40.0 Å². The van der Waals surface area contributed by atoms with Crippen molar-refractivity contribution in [2.24, 2.45) is 0 Å². The van der Waals surface area contributed by atoms with Crippen LogP contribution < -0.4 is 11.1 Å². The van der Waals surface area contributed by atoms with Crippen molar-refractivity contribution in [3.8, 4) is 0 Å². The average Bonchev–Trinajstić information content (AvgIpc) is 2.44. The minimum atomic E-state index is 0.534. The lowest BCUT2D eigenvalue weighted by Crippen LogP contribution is -2.06. The maximum absolute atomic E-state index is 5.92. The van der Waals surface area contributed by atoms with Gasteiger partial charge >= 0.3 is 0 Å². The number of nitrogens with two attached hydrogens (primary N) is 1. The molecule has 1 aromatic carbocycles. The highest BCUT2D eigenvalue weighted by molar-refractivity contribution is 5.63. The van der Waals surface area contributed by atoms with Crippen molar-refractivity contribution in [3.05, 3.63) is 41.2 Å². The van der Waals surface area contributed by atoms with Gasteiger partial charge in [-0.3, -0.25) is 0 Å². The quantitative estimate of drug-likeness (QED) is 0.887. The first-order chi connectivity index (χ1) is 9.51. The van der Waals surface area contributed by atoms with Crippen molar-refractivity contribution in [3.63, 3.8) is 0 Å². The van der Waals surface area contributed by atoms with E-state index >= 15 is 0 Å². The molecular weight excluding hydrogens is 248 g/mol. The molecule has 0 radical (unpaired) electrons. The van der Waals surface area contributed by atoms with Crippen LogP contribution in [0, 0.1) is 6.92 Å². The van der Waals surface area contributed by atoms with Crippen LogP contribution in [0.15, 0.2) is 24.3 Å². The summed E-state index contributed by atoms with van der Waals surface area (Å²) in [6.45, 7) is 8.32. The number of aryl methyl sites for hydroxylation is 1.